The van der Waals surface area contributed by atoms with Crippen LogP contribution in [-0.4, -0.2) is 31.3 Å². The zero-order valence-electron chi connectivity index (χ0n) is 9.06. The summed E-state index contributed by atoms with van der Waals surface area (Å²) in [6.07, 6.45) is 0.0945. The predicted molar refractivity (Wildman–Crippen MR) is 61.6 cm³/mol. The average Bonchev–Trinajstić information content (AvgIpc) is 2.21. The van der Waals surface area contributed by atoms with Gasteiger partial charge >= 0.3 is 0 Å². The smallest absolute Gasteiger partial charge is 0.170 e. The van der Waals surface area contributed by atoms with Gasteiger partial charge in [0.05, 0.1) is 10.0 Å². The zero-order valence-corrected chi connectivity index (χ0v) is 10.6. The number of Topliss-reactive ketones (excluding diaryl/α,β-unsaturated/α-hetero) is 1. The Labute approximate surface area is 101 Å². The maximum Gasteiger partial charge on any atom is 0.170 e. The van der Waals surface area contributed by atoms with E-state index in [0.717, 1.165) is 6.07 Å². The molecule has 16 heavy (non-hydrogen) atoms. The van der Waals surface area contributed by atoms with Crippen LogP contribution in [0.15, 0.2) is 16.6 Å². The second kappa shape index (κ2) is 5.50. The molecule has 2 nitrogen and oxygen atoms in total. The van der Waals surface area contributed by atoms with Gasteiger partial charge in [0.1, 0.15) is 5.82 Å². The van der Waals surface area contributed by atoms with Crippen molar-refractivity contribution in [1.29, 1.82) is 0 Å². The van der Waals surface area contributed by atoms with Crippen molar-refractivity contribution in [2.45, 2.75) is 6.42 Å². The summed E-state index contributed by atoms with van der Waals surface area (Å²) in [5.74, 6) is -2.17. The van der Waals surface area contributed by atoms with Gasteiger partial charge in [-0.2, -0.15) is 0 Å². The highest BCUT2D eigenvalue weighted by Crippen LogP contribution is 2.22. The minimum atomic E-state index is -0.830. The molecule has 0 aliphatic carbocycles. The molecule has 0 saturated heterocycles. The van der Waals surface area contributed by atoms with Crippen LogP contribution in [0.4, 0.5) is 8.78 Å². The van der Waals surface area contributed by atoms with Crippen LogP contribution in [0.5, 0.6) is 0 Å². The average molecular weight is 292 g/mol. The van der Waals surface area contributed by atoms with E-state index in [9.17, 15) is 13.6 Å². The maximum absolute atomic E-state index is 13.5. The second-order valence-electron chi connectivity index (χ2n) is 3.69. The van der Waals surface area contributed by atoms with Crippen molar-refractivity contribution in [1.82, 2.24) is 4.90 Å². The minimum absolute atomic E-state index is 0.0945. The summed E-state index contributed by atoms with van der Waals surface area (Å²) in [7, 11) is 3.59. The Balaban J connectivity index is 2.95. The zero-order chi connectivity index (χ0) is 12.3. The van der Waals surface area contributed by atoms with Gasteiger partial charge in [-0.05, 0) is 42.2 Å². The van der Waals surface area contributed by atoms with Crippen molar-refractivity contribution in [2.24, 2.45) is 0 Å². The summed E-state index contributed by atoms with van der Waals surface area (Å²) >= 11 is 2.92. The van der Waals surface area contributed by atoms with Crippen LogP contribution in [0.3, 0.4) is 0 Å². The first kappa shape index (κ1) is 13.3. The molecule has 0 aromatic heterocycles. The molecule has 1 aromatic rings. The van der Waals surface area contributed by atoms with Crippen LogP contribution in [-0.2, 0) is 0 Å². The van der Waals surface area contributed by atoms with Crippen molar-refractivity contribution in [3.05, 3.63) is 33.8 Å². The van der Waals surface area contributed by atoms with Crippen LogP contribution >= 0.6 is 15.9 Å². The molecule has 1 aromatic carbocycles. The molecule has 0 saturated carbocycles. The van der Waals surface area contributed by atoms with Gasteiger partial charge in [0, 0.05) is 13.0 Å². The van der Waals surface area contributed by atoms with Crippen LogP contribution in [0.25, 0.3) is 0 Å². The van der Waals surface area contributed by atoms with Crippen LogP contribution in [0.2, 0.25) is 0 Å². The largest absolute Gasteiger partial charge is 0.309 e. The lowest BCUT2D eigenvalue weighted by atomic mass is 10.1. The number of hydrogen-bond acceptors (Lipinski definition) is 2. The second-order valence-corrected chi connectivity index (χ2v) is 4.55. The van der Waals surface area contributed by atoms with E-state index in [1.54, 1.807) is 19.0 Å². The Hall–Kier alpha value is -0.810. The summed E-state index contributed by atoms with van der Waals surface area (Å²) in [5.41, 5.74) is -0.462. The third-order valence-electron chi connectivity index (χ3n) is 2.11. The number of nitrogens with zero attached hydrogens (tertiary/aromatic N) is 1. The first-order valence-corrected chi connectivity index (χ1v) is 5.54. The third-order valence-corrected chi connectivity index (χ3v) is 2.72. The molecule has 0 N–H and O–H groups in total. The number of carbonyl (C=O) groups is 1. The Kier molecular flexibility index (Phi) is 4.56. The van der Waals surface area contributed by atoms with E-state index in [-0.39, 0.29) is 10.9 Å². The molecule has 0 atom stereocenters. The normalized spacial score (nSPS) is 10.9. The molecule has 0 heterocycles. The van der Waals surface area contributed by atoms with Crippen molar-refractivity contribution in [3.63, 3.8) is 0 Å². The lowest BCUT2D eigenvalue weighted by molar-refractivity contribution is 0.0964. The fourth-order valence-corrected chi connectivity index (χ4v) is 1.56. The molecular weight excluding hydrogens is 280 g/mol. The van der Waals surface area contributed by atoms with Crippen molar-refractivity contribution in [3.8, 4) is 0 Å². The van der Waals surface area contributed by atoms with Gasteiger partial charge in [-0.25, -0.2) is 8.78 Å². The monoisotopic (exact) mass is 291 g/mol. The predicted octanol–water partition coefficient (Wildman–Crippen LogP) is 2.86. The Bertz CT molecular complexity index is 407. The highest BCUT2D eigenvalue weighted by Gasteiger charge is 2.19. The highest BCUT2D eigenvalue weighted by atomic mass is 79.9. The van der Waals surface area contributed by atoms with E-state index < -0.39 is 23.0 Å². The number of halogens is 3. The first-order valence-electron chi connectivity index (χ1n) is 4.75. The molecule has 88 valence electrons. The Morgan fingerprint density at radius 1 is 1.38 bits per heavy atom. The van der Waals surface area contributed by atoms with Gasteiger partial charge in [-0.15, -0.1) is 0 Å². The maximum atomic E-state index is 13.5. The standard InChI is InChI=1S/C11H12BrF2NO/c1-15(2)6-5-9(16)10-8(13)4-3-7(12)11(10)14/h3-4H,5-6H2,1-2H3. The van der Waals surface area contributed by atoms with E-state index in [2.05, 4.69) is 15.9 Å². The molecule has 0 spiro atoms. The fraction of sp³-hybridized carbons (Fsp3) is 0.364. The van der Waals surface area contributed by atoms with Crippen molar-refractivity contribution in [2.75, 3.05) is 20.6 Å². The summed E-state index contributed by atoms with van der Waals surface area (Å²) in [6, 6.07) is 2.32. The third kappa shape index (κ3) is 3.09. The van der Waals surface area contributed by atoms with E-state index in [4.69, 9.17) is 0 Å². The summed E-state index contributed by atoms with van der Waals surface area (Å²) < 4.78 is 26.9. The molecule has 0 fully saturated rings. The number of rotatable bonds is 4. The van der Waals surface area contributed by atoms with Gasteiger partial charge in [0.15, 0.2) is 11.6 Å². The molecule has 0 unspecified atom stereocenters. The molecular formula is C11H12BrF2NO. The topological polar surface area (TPSA) is 20.3 Å². The quantitative estimate of drug-likeness (QED) is 0.628. The summed E-state index contributed by atoms with van der Waals surface area (Å²) in [6.45, 7) is 0.463. The lowest BCUT2D eigenvalue weighted by Gasteiger charge is -2.09. The number of hydrogen-bond donors (Lipinski definition) is 0. The minimum Gasteiger partial charge on any atom is -0.309 e. The van der Waals surface area contributed by atoms with E-state index in [1.165, 1.54) is 6.07 Å². The SMILES string of the molecule is CN(C)CCC(=O)c1c(F)ccc(Br)c1F. The van der Waals surface area contributed by atoms with Crippen molar-refractivity contribution >= 4 is 21.7 Å². The molecule has 5 heteroatoms. The lowest BCUT2D eigenvalue weighted by Crippen LogP contribution is -2.18. The molecule has 0 aliphatic heterocycles. The fourth-order valence-electron chi connectivity index (χ4n) is 1.23. The van der Waals surface area contributed by atoms with E-state index in [0.29, 0.717) is 6.54 Å². The van der Waals surface area contributed by atoms with E-state index in [1.807, 2.05) is 0 Å². The van der Waals surface area contributed by atoms with Gasteiger partial charge in [-0.3, -0.25) is 4.79 Å². The number of benzene rings is 1. The van der Waals surface area contributed by atoms with E-state index >= 15 is 0 Å². The molecule has 0 bridgehead atoms. The Morgan fingerprint density at radius 3 is 2.56 bits per heavy atom. The molecule has 1 rings (SSSR count). The molecule has 0 radical (unpaired) electrons. The first-order chi connectivity index (χ1) is 7.43. The summed E-state index contributed by atoms with van der Waals surface area (Å²) in [4.78, 5) is 13.4. The van der Waals surface area contributed by atoms with Gasteiger partial charge in [0.25, 0.3) is 0 Å². The number of ketones is 1. The Morgan fingerprint density at radius 2 is 2.00 bits per heavy atom. The van der Waals surface area contributed by atoms with Gasteiger partial charge in [0.2, 0.25) is 0 Å². The van der Waals surface area contributed by atoms with Crippen LogP contribution < -0.4 is 0 Å². The van der Waals surface area contributed by atoms with Crippen LogP contribution in [0.1, 0.15) is 16.8 Å². The van der Waals surface area contributed by atoms with Crippen molar-refractivity contribution < 1.29 is 13.6 Å². The van der Waals surface area contributed by atoms with Gasteiger partial charge in [-0.1, -0.05) is 0 Å². The van der Waals surface area contributed by atoms with Gasteiger partial charge < -0.3 is 4.90 Å². The molecule has 0 amide bonds. The number of carbonyl (C=O) groups excluding carboxylic acids is 1. The summed E-state index contributed by atoms with van der Waals surface area (Å²) in [5, 5.41) is 0. The van der Waals surface area contributed by atoms with Crippen LogP contribution in [0, 0.1) is 11.6 Å². The highest BCUT2D eigenvalue weighted by molar-refractivity contribution is 9.10. The molecule has 0 aliphatic rings.